The predicted molar refractivity (Wildman–Crippen MR) is 64.2 cm³/mol. The fourth-order valence-corrected chi connectivity index (χ4v) is 1.71. The number of nitrogens with one attached hydrogen (secondary N) is 1. The summed E-state index contributed by atoms with van der Waals surface area (Å²) < 4.78 is 0. The van der Waals surface area contributed by atoms with E-state index in [2.05, 4.69) is 25.2 Å². The van der Waals surface area contributed by atoms with Gasteiger partial charge in [0.2, 0.25) is 0 Å². The molecule has 0 radical (unpaired) electrons. The van der Waals surface area contributed by atoms with Crippen LogP contribution in [0.1, 0.15) is 32.3 Å². The highest BCUT2D eigenvalue weighted by Crippen LogP contribution is 2.23. The van der Waals surface area contributed by atoms with E-state index in [-0.39, 0.29) is 0 Å². The van der Waals surface area contributed by atoms with Gasteiger partial charge < -0.3 is 5.32 Å². The molecular weight excluding hydrogens is 208 g/mol. The third-order valence-corrected chi connectivity index (χ3v) is 2.53. The van der Waals surface area contributed by atoms with Gasteiger partial charge in [-0.2, -0.15) is 5.26 Å². The van der Waals surface area contributed by atoms with Crippen molar-refractivity contribution in [1.82, 2.24) is 0 Å². The molecule has 80 valence electrons. The average Bonchev–Trinajstić information content (AvgIpc) is 2.21. The quantitative estimate of drug-likeness (QED) is 0.841. The van der Waals surface area contributed by atoms with Gasteiger partial charge in [-0.3, -0.25) is 0 Å². The van der Waals surface area contributed by atoms with E-state index in [1.54, 1.807) is 12.1 Å². The Labute approximate surface area is 95.9 Å². The summed E-state index contributed by atoms with van der Waals surface area (Å²) in [6.07, 6.45) is 2.25. The maximum Gasteiger partial charge on any atom is 0.0992 e. The van der Waals surface area contributed by atoms with E-state index in [1.165, 1.54) is 0 Å². The van der Waals surface area contributed by atoms with Crippen molar-refractivity contribution in [1.29, 1.82) is 5.26 Å². The van der Waals surface area contributed by atoms with Crippen molar-refractivity contribution < 1.29 is 0 Å². The van der Waals surface area contributed by atoms with E-state index < -0.39 is 0 Å². The molecule has 0 aliphatic carbocycles. The molecule has 0 amide bonds. The van der Waals surface area contributed by atoms with Gasteiger partial charge in [0.1, 0.15) is 0 Å². The lowest BCUT2D eigenvalue weighted by molar-refractivity contribution is 0.690. The maximum atomic E-state index is 8.69. The van der Waals surface area contributed by atoms with Crippen LogP contribution in [-0.4, -0.2) is 6.04 Å². The molecule has 1 N–H and O–H groups in total. The lowest BCUT2D eigenvalue weighted by Gasteiger charge is -2.15. The fraction of sp³-hybridized carbons (Fsp3) is 0.417. The van der Waals surface area contributed by atoms with Gasteiger partial charge in [0.05, 0.1) is 22.3 Å². The summed E-state index contributed by atoms with van der Waals surface area (Å²) in [5.41, 5.74) is 1.49. The second-order valence-electron chi connectivity index (χ2n) is 3.64. The molecule has 1 atom stereocenters. The van der Waals surface area contributed by atoms with E-state index in [0.29, 0.717) is 16.6 Å². The molecule has 0 fully saturated rings. The number of nitriles is 1. The Hall–Kier alpha value is -1.20. The number of hydrogen-bond donors (Lipinski definition) is 1. The molecule has 0 aliphatic rings. The van der Waals surface area contributed by atoms with Crippen LogP contribution in [0.15, 0.2) is 18.2 Å². The van der Waals surface area contributed by atoms with Crippen LogP contribution in [0.5, 0.6) is 0 Å². The Morgan fingerprint density at radius 1 is 1.53 bits per heavy atom. The van der Waals surface area contributed by atoms with Crippen LogP contribution < -0.4 is 5.32 Å². The number of rotatable bonds is 4. The second-order valence-corrected chi connectivity index (χ2v) is 4.05. The van der Waals surface area contributed by atoms with Gasteiger partial charge in [-0.05, 0) is 31.5 Å². The summed E-state index contributed by atoms with van der Waals surface area (Å²) in [6, 6.07) is 7.77. The van der Waals surface area contributed by atoms with E-state index in [9.17, 15) is 0 Å². The number of benzene rings is 1. The zero-order chi connectivity index (χ0) is 11.3. The van der Waals surface area contributed by atoms with E-state index in [0.717, 1.165) is 18.5 Å². The summed E-state index contributed by atoms with van der Waals surface area (Å²) in [7, 11) is 0. The van der Waals surface area contributed by atoms with E-state index in [4.69, 9.17) is 16.9 Å². The van der Waals surface area contributed by atoms with Gasteiger partial charge in [0.15, 0.2) is 0 Å². The van der Waals surface area contributed by atoms with Crippen molar-refractivity contribution >= 4 is 17.3 Å². The van der Waals surface area contributed by atoms with Crippen LogP contribution in [0.2, 0.25) is 5.02 Å². The van der Waals surface area contributed by atoms with Crippen LogP contribution in [0.3, 0.4) is 0 Å². The number of anilines is 1. The predicted octanol–water partition coefficient (Wildman–Crippen LogP) is 3.81. The molecule has 0 bridgehead atoms. The lowest BCUT2D eigenvalue weighted by atomic mass is 10.1. The highest BCUT2D eigenvalue weighted by atomic mass is 35.5. The molecule has 3 heteroatoms. The van der Waals surface area contributed by atoms with Gasteiger partial charge in [-0.15, -0.1) is 0 Å². The van der Waals surface area contributed by atoms with Crippen LogP contribution in [0, 0.1) is 11.3 Å². The highest BCUT2D eigenvalue weighted by Gasteiger charge is 2.05. The number of hydrogen-bond acceptors (Lipinski definition) is 2. The largest absolute Gasteiger partial charge is 0.381 e. The van der Waals surface area contributed by atoms with Gasteiger partial charge in [-0.25, -0.2) is 0 Å². The average molecular weight is 223 g/mol. The van der Waals surface area contributed by atoms with Crippen LogP contribution in [-0.2, 0) is 0 Å². The molecule has 1 aromatic rings. The molecule has 0 saturated heterocycles. The Morgan fingerprint density at radius 2 is 2.27 bits per heavy atom. The number of halogens is 1. The zero-order valence-corrected chi connectivity index (χ0v) is 9.80. The third-order valence-electron chi connectivity index (χ3n) is 2.22. The first-order chi connectivity index (χ1) is 7.17. The first-order valence-corrected chi connectivity index (χ1v) is 5.51. The Balaban J connectivity index is 2.74. The fourth-order valence-electron chi connectivity index (χ4n) is 1.47. The van der Waals surface area contributed by atoms with Crippen molar-refractivity contribution in [3.8, 4) is 6.07 Å². The van der Waals surface area contributed by atoms with Crippen LogP contribution in [0.25, 0.3) is 0 Å². The molecule has 2 nitrogen and oxygen atoms in total. The molecular formula is C12H15ClN2. The van der Waals surface area contributed by atoms with Crippen molar-refractivity contribution in [2.24, 2.45) is 0 Å². The minimum atomic E-state index is 0.403. The zero-order valence-electron chi connectivity index (χ0n) is 9.05. The smallest absolute Gasteiger partial charge is 0.0992 e. The van der Waals surface area contributed by atoms with Crippen molar-refractivity contribution in [3.63, 3.8) is 0 Å². The standard InChI is InChI=1S/C12H15ClN2/c1-3-4-9(2)15-12-6-5-10(8-14)7-11(12)13/h5-7,9,15H,3-4H2,1-2H3. The van der Waals surface area contributed by atoms with Crippen molar-refractivity contribution in [2.45, 2.75) is 32.7 Å². The second kappa shape index (κ2) is 5.63. The SMILES string of the molecule is CCCC(C)Nc1ccc(C#N)cc1Cl. The summed E-state index contributed by atoms with van der Waals surface area (Å²) >= 11 is 6.04. The normalized spacial score (nSPS) is 11.9. The molecule has 0 aliphatic heterocycles. The summed E-state index contributed by atoms with van der Waals surface area (Å²) in [6.45, 7) is 4.27. The highest BCUT2D eigenvalue weighted by molar-refractivity contribution is 6.33. The summed E-state index contributed by atoms with van der Waals surface area (Å²) in [5.74, 6) is 0. The Kier molecular flexibility index (Phi) is 4.45. The van der Waals surface area contributed by atoms with Gasteiger partial charge in [0, 0.05) is 6.04 Å². The summed E-state index contributed by atoms with van der Waals surface area (Å²) in [4.78, 5) is 0. The monoisotopic (exact) mass is 222 g/mol. The maximum absolute atomic E-state index is 8.69. The lowest BCUT2D eigenvalue weighted by Crippen LogP contribution is -2.14. The van der Waals surface area contributed by atoms with Crippen LogP contribution in [0.4, 0.5) is 5.69 Å². The Morgan fingerprint density at radius 3 is 2.80 bits per heavy atom. The molecule has 0 heterocycles. The minimum Gasteiger partial charge on any atom is -0.381 e. The molecule has 15 heavy (non-hydrogen) atoms. The molecule has 1 unspecified atom stereocenters. The minimum absolute atomic E-state index is 0.403. The first kappa shape index (κ1) is 11.9. The van der Waals surface area contributed by atoms with Gasteiger partial charge in [-0.1, -0.05) is 24.9 Å². The topological polar surface area (TPSA) is 35.8 Å². The van der Waals surface area contributed by atoms with E-state index in [1.807, 2.05) is 6.07 Å². The van der Waals surface area contributed by atoms with Crippen LogP contribution >= 0.6 is 11.6 Å². The molecule has 0 spiro atoms. The van der Waals surface area contributed by atoms with Gasteiger partial charge in [0.25, 0.3) is 0 Å². The van der Waals surface area contributed by atoms with Crippen molar-refractivity contribution in [2.75, 3.05) is 5.32 Å². The van der Waals surface area contributed by atoms with E-state index >= 15 is 0 Å². The third kappa shape index (κ3) is 3.45. The Bertz CT molecular complexity index is 368. The van der Waals surface area contributed by atoms with Crippen molar-refractivity contribution in [3.05, 3.63) is 28.8 Å². The first-order valence-electron chi connectivity index (χ1n) is 5.13. The molecule has 0 saturated carbocycles. The molecule has 0 aromatic heterocycles. The summed E-state index contributed by atoms with van der Waals surface area (Å²) in [5, 5.41) is 12.6. The molecule has 1 rings (SSSR count). The number of nitrogens with zero attached hydrogens (tertiary/aromatic N) is 1. The molecule has 1 aromatic carbocycles. The van der Waals surface area contributed by atoms with Gasteiger partial charge >= 0.3 is 0 Å².